The average Bonchev–Trinajstić information content (AvgIpc) is 3.26. The first-order chi connectivity index (χ1) is 12.6. The Morgan fingerprint density at radius 2 is 1.92 bits per heavy atom. The summed E-state index contributed by atoms with van der Waals surface area (Å²) in [4.78, 5) is 26.4. The molecule has 2 aliphatic heterocycles. The van der Waals surface area contributed by atoms with Crippen LogP contribution in [0.1, 0.15) is 23.1 Å². The van der Waals surface area contributed by atoms with Crippen LogP contribution in [0.3, 0.4) is 0 Å². The largest absolute Gasteiger partial charge is 0.352 e. The number of hydrogen-bond donors (Lipinski definition) is 2. The fourth-order valence-corrected chi connectivity index (χ4v) is 3.67. The molecule has 0 radical (unpaired) electrons. The van der Waals surface area contributed by atoms with Crippen molar-refractivity contribution in [1.29, 1.82) is 0 Å². The topological polar surface area (TPSA) is 61.4 Å². The van der Waals surface area contributed by atoms with Crippen molar-refractivity contribution in [3.8, 4) is 0 Å². The van der Waals surface area contributed by atoms with Gasteiger partial charge in [0.05, 0.1) is 5.92 Å². The van der Waals surface area contributed by atoms with E-state index in [0.717, 1.165) is 24.3 Å². The van der Waals surface area contributed by atoms with Crippen LogP contribution < -0.4 is 15.5 Å². The van der Waals surface area contributed by atoms with E-state index in [1.54, 1.807) is 29.2 Å². The normalized spacial score (nSPS) is 18.9. The molecule has 1 saturated heterocycles. The summed E-state index contributed by atoms with van der Waals surface area (Å²) in [6.07, 6.45) is 0.239. The van der Waals surface area contributed by atoms with E-state index in [4.69, 9.17) is 11.6 Å². The summed E-state index contributed by atoms with van der Waals surface area (Å²) >= 11 is 5.90. The Hall–Kier alpha value is -2.37. The number of benzene rings is 2. The lowest BCUT2D eigenvalue weighted by Crippen LogP contribution is -2.32. The van der Waals surface area contributed by atoms with Gasteiger partial charge in [-0.15, -0.1) is 0 Å². The third kappa shape index (κ3) is 3.45. The highest BCUT2D eigenvalue weighted by Gasteiger charge is 2.34. The Balaban J connectivity index is 1.36. The van der Waals surface area contributed by atoms with E-state index < -0.39 is 0 Å². The summed E-state index contributed by atoms with van der Waals surface area (Å²) in [6.45, 7) is 2.68. The first kappa shape index (κ1) is 17.1. The number of carbonyl (C=O) groups is 2. The third-order valence-corrected chi connectivity index (χ3v) is 5.25. The zero-order valence-electron chi connectivity index (χ0n) is 14.3. The van der Waals surface area contributed by atoms with Crippen molar-refractivity contribution < 1.29 is 9.59 Å². The van der Waals surface area contributed by atoms with Crippen LogP contribution >= 0.6 is 11.6 Å². The molecule has 0 aromatic heterocycles. The van der Waals surface area contributed by atoms with Crippen molar-refractivity contribution in [3.63, 3.8) is 0 Å². The lowest BCUT2D eigenvalue weighted by atomic mass is 10.1. The average molecular weight is 370 g/mol. The molecule has 2 aromatic rings. The molecular formula is C20H20ClN3O2. The molecule has 134 valence electrons. The van der Waals surface area contributed by atoms with E-state index in [2.05, 4.69) is 22.8 Å². The van der Waals surface area contributed by atoms with Gasteiger partial charge in [-0.1, -0.05) is 29.8 Å². The Bertz CT molecular complexity index is 851. The second-order valence-electron chi connectivity index (χ2n) is 6.81. The van der Waals surface area contributed by atoms with Gasteiger partial charge in [-0.3, -0.25) is 9.59 Å². The smallest absolute Gasteiger partial charge is 0.227 e. The first-order valence-electron chi connectivity index (χ1n) is 8.75. The van der Waals surface area contributed by atoms with Gasteiger partial charge in [0, 0.05) is 43.3 Å². The van der Waals surface area contributed by atoms with E-state index >= 15 is 0 Å². The molecule has 5 nitrogen and oxygen atoms in total. The zero-order chi connectivity index (χ0) is 18.1. The second kappa shape index (κ2) is 7.09. The van der Waals surface area contributed by atoms with Crippen molar-refractivity contribution in [2.24, 2.45) is 5.92 Å². The maximum Gasteiger partial charge on any atom is 0.227 e. The fourth-order valence-electron chi connectivity index (χ4n) is 3.55. The Morgan fingerprint density at radius 3 is 2.73 bits per heavy atom. The number of halogens is 1. The number of hydrogen-bond acceptors (Lipinski definition) is 3. The van der Waals surface area contributed by atoms with Crippen LogP contribution in [0.4, 0.5) is 5.69 Å². The van der Waals surface area contributed by atoms with E-state index in [-0.39, 0.29) is 24.2 Å². The highest BCUT2D eigenvalue weighted by Crippen LogP contribution is 2.26. The minimum absolute atomic E-state index is 0.0314. The predicted octanol–water partition coefficient (Wildman–Crippen LogP) is 2.61. The lowest BCUT2D eigenvalue weighted by molar-refractivity contribution is -0.126. The molecule has 26 heavy (non-hydrogen) atoms. The molecule has 1 unspecified atom stereocenters. The number of amides is 2. The standard InChI is InChI=1S/C20H20ClN3O2/c21-17-3-5-18(6-4-17)24-12-16(8-19(24)25)20(26)23-9-13-1-2-14-10-22-11-15(14)7-13/h1-7,16,22H,8-12H2,(H,23,26). The van der Waals surface area contributed by atoms with Gasteiger partial charge in [0.2, 0.25) is 11.8 Å². The molecule has 0 bridgehead atoms. The highest BCUT2D eigenvalue weighted by molar-refractivity contribution is 6.30. The van der Waals surface area contributed by atoms with Crippen LogP contribution in [0.2, 0.25) is 5.02 Å². The van der Waals surface area contributed by atoms with Gasteiger partial charge >= 0.3 is 0 Å². The number of carbonyl (C=O) groups excluding carboxylic acids is 2. The van der Waals surface area contributed by atoms with Crippen molar-refractivity contribution in [3.05, 3.63) is 64.2 Å². The Labute approximate surface area is 157 Å². The Morgan fingerprint density at radius 1 is 1.15 bits per heavy atom. The summed E-state index contributed by atoms with van der Waals surface area (Å²) < 4.78 is 0. The van der Waals surface area contributed by atoms with Crippen molar-refractivity contribution in [2.75, 3.05) is 11.4 Å². The summed E-state index contributed by atoms with van der Waals surface area (Å²) in [7, 11) is 0. The highest BCUT2D eigenvalue weighted by atomic mass is 35.5. The second-order valence-corrected chi connectivity index (χ2v) is 7.24. The summed E-state index contributed by atoms with van der Waals surface area (Å²) in [5, 5.41) is 6.91. The summed E-state index contributed by atoms with van der Waals surface area (Å²) in [6, 6.07) is 13.4. The predicted molar refractivity (Wildman–Crippen MR) is 101 cm³/mol. The summed E-state index contributed by atoms with van der Waals surface area (Å²) in [5.41, 5.74) is 4.47. The molecule has 4 rings (SSSR count). The van der Waals surface area contributed by atoms with Crippen LogP contribution in [-0.2, 0) is 29.2 Å². The summed E-state index contributed by atoms with van der Waals surface area (Å²) in [5.74, 6) is -0.432. The third-order valence-electron chi connectivity index (χ3n) is 5.00. The van der Waals surface area contributed by atoms with Crippen LogP contribution in [0, 0.1) is 5.92 Å². The monoisotopic (exact) mass is 369 g/mol. The Kier molecular flexibility index (Phi) is 4.66. The molecule has 0 aliphatic carbocycles. The molecule has 6 heteroatoms. The van der Waals surface area contributed by atoms with E-state index in [0.29, 0.717) is 18.1 Å². The number of fused-ring (bicyclic) bond motifs is 1. The van der Waals surface area contributed by atoms with Gasteiger partial charge in [-0.05, 0) is 41.0 Å². The SMILES string of the molecule is O=C(NCc1ccc2c(c1)CNC2)C1CC(=O)N(c2ccc(Cl)cc2)C1. The maximum absolute atomic E-state index is 12.5. The molecule has 0 saturated carbocycles. The molecule has 2 heterocycles. The van der Waals surface area contributed by atoms with Gasteiger partial charge in [-0.2, -0.15) is 0 Å². The molecule has 1 atom stereocenters. The van der Waals surface area contributed by atoms with Gasteiger partial charge in [0.25, 0.3) is 0 Å². The van der Waals surface area contributed by atoms with Crippen molar-refractivity contribution in [2.45, 2.75) is 26.1 Å². The lowest BCUT2D eigenvalue weighted by Gasteiger charge is -2.17. The molecule has 2 aromatic carbocycles. The molecule has 1 fully saturated rings. The first-order valence-corrected chi connectivity index (χ1v) is 9.13. The van der Waals surface area contributed by atoms with Crippen LogP contribution in [-0.4, -0.2) is 18.4 Å². The van der Waals surface area contributed by atoms with Crippen LogP contribution in [0.5, 0.6) is 0 Å². The number of nitrogens with one attached hydrogen (secondary N) is 2. The quantitative estimate of drug-likeness (QED) is 0.870. The molecular weight excluding hydrogens is 350 g/mol. The van der Waals surface area contributed by atoms with Crippen molar-refractivity contribution >= 4 is 29.1 Å². The number of anilines is 1. The van der Waals surface area contributed by atoms with Gasteiger partial charge in [0.1, 0.15) is 0 Å². The number of rotatable bonds is 4. The minimum Gasteiger partial charge on any atom is -0.352 e. The van der Waals surface area contributed by atoms with E-state index in [1.807, 2.05) is 6.07 Å². The molecule has 2 aliphatic rings. The molecule has 2 N–H and O–H groups in total. The maximum atomic E-state index is 12.5. The van der Waals surface area contributed by atoms with Crippen molar-refractivity contribution in [1.82, 2.24) is 10.6 Å². The zero-order valence-corrected chi connectivity index (χ0v) is 15.1. The van der Waals surface area contributed by atoms with Crippen LogP contribution in [0.15, 0.2) is 42.5 Å². The van der Waals surface area contributed by atoms with Gasteiger partial charge in [0.15, 0.2) is 0 Å². The fraction of sp³-hybridized carbons (Fsp3) is 0.300. The van der Waals surface area contributed by atoms with Gasteiger partial charge in [-0.25, -0.2) is 0 Å². The van der Waals surface area contributed by atoms with Crippen LogP contribution in [0.25, 0.3) is 0 Å². The van der Waals surface area contributed by atoms with Gasteiger partial charge < -0.3 is 15.5 Å². The van der Waals surface area contributed by atoms with E-state index in [1.165, 1.54) is 11.1 Å². The molecule has 2 amide bonds. The number of nitrogens with zero attached hydrogens (tertiary/aromatic N) is 1. The molecule has 0 spiro atoms. The van der Waals surface area contributed by atoms with E-state index in [9.17, 15) is 9.59 Å². The minimum atomic E-state index is -0.325.